The van der Waals surface area contributed by atoms with Crippen LogP contribution < -0.4 is 0 Å². The first kappa shape index (κ1) is 14.1. The lowest BCUT2D eigenvalue weighted by molar-refractivity contribution is -0.207. The predicted molar refractivity (Wildman–Crippen MR) is 67.5 cm³/mol. The molecule has 2 nitrogen and oxygen atoms in total. The largest absolute Gasteiger partial charge is 0.415 e. The molecule has 1 aromatic rings. The number of β-amino-alcohol motifs (C(OH)–C–C–N with tert-alkyl or cyclic N) is 1. The van der Waals surface area contributed by atoms with Gasteiger partial charge in [-0.1, -0.05) is 36.4 Å². The minimum Gasteiger partial charge on any atom is -0.382 e. The van der Waals surface area contributed by atoms with Gasteiger partial charge in [0.05, 0.1) is 0 Å². The highest BCUT2D eigenvalue weighted by Gasteiger charge is 2.39. The van der Waals surface area contributed by atoms with E-state index in [1.807, 2.05) is 36.4 Å². The van der Waals surface area contributed by atoms with Crippen LogP contribution in [0.3, 0.4) is 0 Å². The zero-order chi connectivity index (χ0) is 13.9. The third-order valence-corrected chi connectivity index (χ3v) is 3.25. The molecular formula is C14H16F3NO. The van der Waals surface area contributed by atoms with Crippen LogP contribution in [-0.2, 0) is 0 Å². The van der Waals surface area contributed by atoms with E-state index in [0.29, 0.717) is 19.5 Å². The molecule has 1 N–H and O–H groups in total. The predicted octanol–water partition coefficient (Wildman–Crippen LogP) is 2.70. The van der Waals surface area contributed by atoms with Crippen molar-refractivity contribution in [2.75, 3.05) is 19.6 Å². The summed E-state index contributed by atoms with van der Waals surface area (Å²) in [4.78, 5) is 1.62. The molecule has 1 aliphatic heterocycles. The van der Waals surface area contributed by atoms with Crippen LogP contribution in [0.1, 0.15) is 12.0 Å². The van der Waals surface area contributed by atoms with Gasteiger partial charge in [-0.25, -0.2) is 0 Å². The van der Waals surface area contributed by atoms with Crippen LogP contribution >= 0.6 is 0 Å². The van der Waals surface area contributed by atoms with Crippen molar-refractivity contribution < 1.29 is 18.3 Å². The standard InChI is InChI=1S/C14H16F3NO/c15-14(16,17)13(19)10-18-8-6-12(7-9-18)11-4-2-1-3-5-11/h1-6,13,19H,7-10H2/t13-/m1/s1. The molecule has 0 aromatic heterocycles. The second-order valence-corrected chi connectivity index (χ2v) is 4.66. The quantitative estimate of drug-likeness (QED) is 0.913. The molecule has 104 valence electrons. The molecule has 1 aliphatic rings. The van der Waals surface area contributed by atoms with Crippen LogP contribution in [0.5, 0.6) is 0 Å². The molecule has 0 amide bonds. The number of hydrogen-bond donors (Lipinski definition) is 1. The van der Waals surface area contributed by atoms with Crippen LogP contribution in [0.25, 0.3) is 5.57 Å². The second kappa shape index (κ2) is 5.75. The Morgan fingerprint density at radius 3 is 2.42 bits per heavy atom. The SMILES string of the molecule is O[C@H](CN1CC=C(c2ccccc2)CC1)C(F)(F)F. The summed E-state index contributed by atoms with van der Waals surface area (Å²) in [6.07, 6.45) is -4.17. The number of aliphatic hydroxyl groups excluding tert-OH is 1. The monoisotopic (exact) mass is 271 g/mol. The van der Waals surface area contributed by atoms with Crippen LogP contribution in [0.4, 0.5) is 13.2 Å². The highest BCUT2D eigenvalue weighted by atomic mass is 19.4. The Balaban J connectivity index is 1.93. The van der Waals surface area contributed by atoms with Crippen molar-refractivity contribution in [1.82, 2.24) is 4.90 Å². The molecule has 0 saturated carbocycles. The lowest BCUT2D eigenvalue weighted by atomic mass is 9.99. The highest BCUT2D eigenvalue weighted by Crippen LogP contribution is 2.24. The zero-order valence-electron chi connectivity index (χ0n) is 10.4. The summed E-state index contributed by atoms with van der Waals surface area (Å²) in [5.41, 5.74) is 2.26. The Bertz CT molecular complexity index is 442. The van der Waals surface area contributed by atoms with Gasteiger partial charge in [0, 0.05) is 19.6 Å². The second-order valence-electron chi connectivity index (χ2n) is 4.66. The van der Waals surface area contributed by atoms with Gasteiger partial charge in [-0.2, -0.15) is 13.2 Å². The van der Waals surface area contributed by atoms with E-state index in [-0.39, 0.29) is 6.54 Å². The van der Waals surface area contributed by atoms with Gasteiger partial charge >= 0.3 is 6.18 Å². The van der Waals surface area contributed by atoms with E-state index in [4.69, 9.17) is 5.11 Å². The summed E-state index contributed by atoms with van der Waals surface area (Å²) < 4.78 is 36.8. The number of aliphatic hydroxyl groups is 1. The summed E-state index contributed by atoms with van der Waals surface area (Å²) in [5.74, 6) is 0. The number of rotatable bonds is 3. The van der Waals surface area contributed by atoms with Crippen molar-refractivity contribution in [3.05, 3.63) is 42.0 Å². The minimum atomic E-state index is -4.54. The summed E-state index contributed by atoms with van der Waals surface area (Å²) in [5, 5.41) is 9.03. The van der Waals surface area contributed by atoms with Crippen LogP contribution in [-0.4, -0.2) is 41.9 Å². The van der Waals surface area contributed by atoms with Gasteiger partial charge in [0.15, 0.2) is 6.10 Å². The molecule has 19 heavy (non-hydrogen) atoms. The van der Waals surface area contributed by atoms with Gasteiger partial charge in [-0.3, -0.25) is 4.90 Å². The maximum absolute atomic E-state index is 12.3. The molecular weight excluding hydrogens is 255 g/mol. The van der Waals surface area contributed by atoms with Gasteiger partial charge < -0.3 is 5.11 Å². The molecule has 0 bridgehead atoms. The fraction of sp³-hybridized carbons (Fsp3) is 0.429. The van der Waals surface area contributed by atoms with Gasteiger partial charge in [-0.15, -0.1) is 0 Å². The third-order valence-electron chi connectivity index (χ3n) is 3.25. The summed E-state index contributed by atoms with van der Waals surface area (Å²) >= 11 is 0. The molecule has 2 rings (SSSR count). The normalized spacial score (nSPS) is 19.1. The molecule has 0 spiro atoms. The van der Waals surface area contributed by atoms with E-state index in [2.05, 4.69) is 0 Å². The Kier molecular flexibility index (Phi) is 4.27. The maximum Gasteiger partial charge on any atom is 0.415 e. The average molecular weight is 271 g/mol. The maximum atomic E-state index is 12.3. The summed E-state index contributed by atoms with van der Waals surface area (Å²) in [6, 6.07) is 9.79. The molecule has 0 fully saturated rings. The Morgan fingerprint density at radius 2 is 1.89 bits per heavy atom. The molecule has 1 aromatic carbocycles. The van der Waals surface area contributed by atoms with E-state index in [0.717, 1.165) is 11.1 Å². The number of nitrogens with zero attached hydrogens (tertiary/aromatic N) is 1. The molecule has 1 atom stereocenters. The first-order valence-electron chi connectivity index (χ1n) is 6.18. The first-order valence-corrected chi connectivity index (χ1v) is 6.18. The molecule has 5 heteroatoms. The minimum absolute atomic E-state index is 0.359. The van der Waals surface area contributed by atoms with Crippen molar-refractivity contribution in [1.29, 1.82) is 0 Å². The van der Waals surface area contributed by atoms with Crippen molar-refractivity contribution in [2.45, 2.75) is 18.7 Å². The van der Waals surface area contributed by atoms with Crippen molar-refractivity contribution in [3.8, 4) is 0 Å². The van der Waals surface area contributed by atoms with E-state index >= 15 is 0 Å². The van der Waals surface area contributed by atoms with Crippen molar-refractivity contribution in [2.24, 2.45) is 0 Å². The zero-order valence-corrected chi connectivity index (χ0v) is 10.4. The lowest BCUT2D eigenvalue weighted by Gasteiger charge is -2.29. The number of alkyl halides is 3. The average Bonchev–Trinajstić information content (AvgIpc) is 2.39. The van der Waals surface area contributed by atoms with E-state index in [1.165, 1.54) is 0 Å². The van der Waals surface area contributed by atoms with Crippen LogP contribution in [0, 0.1) is 0 Å². The van der Waals surface area contributed by atoms with E-state index in [9.17, 15) is 13.2 Å². The number of hydrogen-bond acceptors (Lipinski definition) is 2. The molecule has 0 saturated heterocycles. The highest BCUT2D eigenvalue weighted by molar-refractivity contribution is 5.66. The smallest absolute Gasteiger partial charge is 0.382 e. The Labute approximate surface area is 110 Å². The van der Waals surface area contributed by atoms with Gasteiger partial charge in [0.2, 0.25) is 0 Å². The Hall–Kier alpha value is -1.33. The van der Waals surface area contributed by atoms with Gasteiger partial charge in [-0.05, 0) is 17.6 Å². The summed E-state index contributed by atoms with van der Waals surface area (Å²) in [7, 11) is 0. The molecule has 1 heterocycles. The van der Waals surface area contributed by atoms with Gasteiger partial charge in [0.25, 0.3) is 0 Å². The van der Waals surface area contributed by atoms with Gasteiger partial charge in [0.1, 0.15) is 0 Å². The lowest BCUT2D eigenvalue weighted by Crippen LogP contribution is -2.42. The Morgan fingerprint density at radius 1 is 1.21 bits per heavy atom. The molecule has 0 aliphatic carbocycles. The first-order chi connectivity index (χ1) is 8.97. The van der Waals surface area contributed by atoms with Crippen molar-refractivity contribution >= 4 is 5.57 Å². The van der Waals surface area contributed by atoms with E-state index in [1.54, 1.807) is 4.90 Å². The fourth-order valence-corrected chi connectivity index (χ4v) is 2.14. The molecule has 0 unspecified atom stereocenters. The van der Waals surface area contributed by atoms with Crippen LogP contribution in [0.2, 0.25) is 0 Å². The molecule has 0 radical (unpaired) electrons. The third kappa shape index (κ3) is 3.81. The topological polar surface area (TPSA) is 23.5 Å². The fourth-order valence-electron chi connectivity index (χ4n) is 2.14. The van der Waals surface area contributed by atoms with Crippen molar-refractivity contribution in [3.63, 3.8) is 0 Å². The number of halogens is 3. The number of benzene rings is 1. The van der Waals surface area contributed by atoms with Crippen LogP contribution in [0.15, 0.2) is 36.4 Å². The summed E-state index contributed by atoms with van der Waals surface area (Å²) in [6.45, 7) is 0.618. The van der Waals surface area contributed by atoms with E-state index < -0.39 is 12.3 Å².